The molecule has 0 saturated carbocycles. The van der Waals surface area contributed by atoms with Crippen molar-refractivity contribution in [1.82, 2.24) is 5.32 Å². The van der Waals surface area contributed by atoms with E-state index in [0.29, 0.717) is 13.0 Å². The van der Waals surface area contributed by atoms with Gasteiger partial charge in [0.1, 0.15) is 5.60 Å². The van der Waals surface area contributed by atoms with Crippen molar-refractivity contribution in [2.75, 3.05) is 20.3 Å². The minimum Gasteiger partial charge on any atom is -0.396 e. The number of aliphatic hydroxyl groups is 1. The number of carbonyl (C=O) groups excluding carboxylic acids is 1. The second-order valence-corrected chi connectivity index (χ2v) is 5.46. The van der Waals surface area contributed by atoms with E-state index in [2.05, 4.69) is 19.2 Å². The molecule has 0 aliphatic heterocycles. The third kappa shape index (κ3) is 5.50. The normalized spacial score (nSPS) is 15.4. The van der Waals surface area contributed by atoms with Crippen LogP contribution in [0.1, 0.15) is 47.0 Å². The molecule has 0 aromatic rings. The SMILES string of the molecule is CCC(C)(OC)C(=O)NCC(C)(C)CCCO. The molecule has 1 atom stereocenters. The fraction of sp³-hybridized carbons (Fsp3) is 0.923. The third-order valence-electron chi connectivity index (χ3n) is 3.34. The van der Waals surface area contributed by atoms with Crippen LogP contribution < -0.4 is 5.32 Å². The van der Waals surface area contributed by atoms with Crippen LogP contribution in [0, 0.1) is 5.41 Å². The highest BCUT2D eigenvalue weighted by atomic mass is 16.5. The Morgan fingerprint density at radius 3 is 2.35 bits per heavy atom. The maximum Gasteiger partial charge on any atom is 0.251 e. The number of carbonyl (C=O) groups is 1. The van der Waals surface area contributed by atoms with Gasteiger partial charge in [-0.25, -0.2) is 0 Å². The number of aliphatic hydroxyl groups excluding tert-OH is 1. The summed E-state index contributed by atoms with van der Waals surface area (Å²) in [5.41, 5.74) is -0.742. The quantitative estimate of drug-likeness (QED) is 0.684. The molecule has 2 N–H and O–H groups in total. The molecule has 0 saturated heterocycles. The number of hydrogen-bond donors (Lipinski definition) is 2. The molecule has 0 bridgehead atoms. The van der Waals surface area contributed by atoms with Gasteiger partial charge in [0.15, 0.2) is 0 Å². The first-order chi connectivity index (χ1) is 7.81. The number of rotatable bonds is 8. The van der Waals surface area contributed by atoms with E-state index in [9.17, 15) is 4.79 Å². The van der Waals surface area contributed by atoms with Gasteiger partial charge in [0.2, 0.25) is 0 Å². The smallest absolute Gasteiger partial charge is 0.251 e. The van der Waals surface area contributed by atoms with E-state index in [4.69, 9.17) is 9.84 Å². The monoisotopic (exact) mass is 245 g/mol. The summed E-state index contributed by atoms with van der Waals surface area (Å²) < 4.78 is 5.24. The van der Waals surface area contributed by atoms with Crippen molar-refractivity contribution in [3.8, 4) is 0 Å². The van der Waals surface area contributed by atoms with E-state index in [1.165, 1.54) is 0 Å². The lowest BCUT2D eigenvalue weighted by molar-refractivity contribution is -0.142. The van der Waals surface area contributed by atoms with Crippen molar-refractivity contribution in [2.24, 2.45) is 5.41 Å². The van der Waals surface area contributed by atoms with E-state index < -0.39 is 5.60 Å². The molecule has 0 heterocycles. The van der Waals surface area contributed by atoms with Crippen LogP contribution in [0.25, 0.3) is 0 Å². The highest BCUT2D eigenvalue weighted by Gasteiger charge is 2.31. The van der Waals surface area contributed by atoms with Crippen molar-refractivity contribution < 1.29 is 14.6 Å². The Labute approximate surface area is 105 Å². The molecule has 4 nitrogen and oxygen atoms in total. The Balaban J connectivity index is 4.23. The van der Waals surface area contributed by atoms with Crippen LogP contribution in [0.15, 0.2) is 0 Å². The van der Waals surface area contributed by atoms with Gasteiger partial charge < -0.3 is 15.2 Å². The van der Waals surface area contributed by atoms with Gasteiger partial charge in [-0.2, -0.15) is 0 Å². The van der Waals surface area contributed by atoms with Gasteiger partial charge >= 0.3 is 0 Å². The molecule has 0 aliphatic rings. The zero-order valence-electron chi connectivity index (χ0n) is 11.8. The van der Waals surface area contributed by atoms with Gasteiger partial charge in [-0.3, -0.25) is 4.79 Å². The van der Waals surface area contributed by atoms with E-state index >= 15 is 0 Å². The largest absolute Gasteiger partial charge is 0.396 e. The van der Waals surface area contributed by atoms with Gasteiger partial charge in [0.05, 0.1) is 0 Å². The Kier molecular flexibility index (Phi) is 6.72. The van der Waals surface area contributed by atoms with Crippen LogP contribution in [0.4, 0.5) is 0 Å². The number of amides is 1. The molecule has 0 radical (unpaired) electrons. The summed E-state index contributed by atoms with van der Waals surface area (Å²) in [6, 6.07) is 0. The molecule has 17 heavy (non-hydrogen) atoms. The van der Waals surface area contributed by atoms with E-state index in [1.807, 2.05) is 6.92 Å². The van der Waals surface area contributed by atoms with Crippen LogP contribution >= 0.6 is 0 Å². The Bertz CT molecular complexity index is 235. The lowest BCUT2D eigenvalue weighted by Crippen LogP contribution is -2.48. The lowest BCUT2D eigenvalue weighted by atomic mass is 9.87. The van der Waals surface area contributed by atoms with Gasteiger partial charge in [-0.1, -0.05) is 20.8 Å². The van der Waals surface area contributed by atoms with Crippen LogP contribution in [0.3, 0.4) is 0 Å². The van der Waals surface area contributed by atoms with Crippen LogP contribution in [0.5, 0.6) is 0 Å². The minimum absolute atomic E-state index is 0.000777. The van der Waals surface area contributed by atoms with Crippen molar-refractivity contribution in [2.45, 2.75) is 52.6 Å². The second-order valence-electron chi connectivity index (χ2n) is 5.46. The molecular formula is C13H27NO3. The average Bonchev–Trinajstić information content (AvgIpc) is 2.32. The number of ether oxygens (including phenoxy) is 1. The van der Waals surface area contributed by atoms with Gasteiger partial charge in [0.25, 0.3) is 5.91 Å². The maximum absolute atomic E-state index is 12.0. The van der Waals surface area contributed by atoms with Crippen molar-refractivity contribution in [3.63, 3.8) is 0 Å². The Hall–Kier alpha value is -0.610. The van der Waals surface area contributed by atoms with Gasteiger partial charge in [-0.05, 0) is 31.6 Å². The number of methoxy groups -OCH3 is 1. The molecule has 1 amide bonds. The summed E-state index contributed by atoms with van der Waals surface area (Å²) in [5, 5.41) is 11.7. The van der Waals surface area contributed by atoms with E-state index in [1.54, 1.807) is 14.0 Å². The van der Waals surface area contributed by atoms with E-state index in [0.717, 1.165) is 12.8 Å². The molecule has 102 valence electrons. The third-order valence-corrected chi connectivity index (χ3v) is 3.34. The topological polar surface area (TPSA) is 58.6 Å². The zero-order chi connectivity index (χ0) is 13.5. The standard InChI is InChI=1S/C13H27NO3/c1-6-13(4,17-5)11(16)14-10-12(2,3)8-7-9-15/h15H,6-10H2,1-5H3,(H,14,16). The predicted molar refractivity (Wildman–Crippen MR) is 68.8 cm³/mol. The summed E-state index contributed by atoms with van der Waals surface area (Å²) in [4.78, 5) is 12.0. The molecule has 1 unspecified atom stereocenters. The Morgan fingerprint density at radius 1 is 1.35 bits per heavy atom. The van der Waals surface area contributed by atoms with E-state index in [-0.39, 0.29) is 17.9 Å². The summed E-state index contributed by atoms with van der Waals surface area (Å²) in [7, 11) is 1.56. The average molecular weight is 245 g/mol. The summed E-state index contributed by atoms with van der Waals surface area (Å²) in [6.07, 6.45) is 2.30. The Morgan fingerprint density at radius 2 is 1.94 bits per heavy atom. The number of nitrogens with one attached hydrogen (secondary N) is 1. The fourth-order valence-electron chi connectivity index (χ4n) is 1.55. The van der Waals surface area contributed by atoms with Gasteiger partial charge in [-0.15, -0.1) is 0 Å². The lowest BCUT2D eigenvalue weighted by Gasteiger charge is -2.29. The highest BCUT2D eigenvalue weighted by molar-refractivity contribution is 5.84. The minimum atomic E-state index is -0.743. The molecule has 0 spiro atoms. The number of hydrogen-bond acceptors (Lipinski definition) is 3. The van der Waals surface area contributed by atoms with Crippen LogP contribution in [0.2, 0.25) is 0 Å². The first-order valence-corrected chi connectivity index (χ1v) is 6.25. The first-order valence-electron chi connectivity index (χ1n) is 6.25. The van der Waals surface area contributed by atoms with Crippen molar-refractivity contribution >= 4 is 5.91 Å². The van der Waals surface area contributed by atoms with Crippen LogP contribution in [-0.4, -0.2) is 36.9 Å². The van der Waals surface area contributed by atoms with Crippen molar-refractivity contribution in [3.05, 3.63) is 0 Å². The second kappa shape index (κ2) is 6.97. The predicted octanol–water partition coefficient (Wildman–Crippen LogP) is 1.72. The molecule has 0 fully saturated rings. The van der Waals surface area contributed by atoms with Crippen molar-refractivity contribution in [1.29, 1.82) is 0 Å². The zero-order valence-corrected chi connectivity index (χ0v) is 11.8. The molecule has 4 heteroatoms. The van der Waals surface area contributed by atoms with Crippen LogP contribution in [-0.2, 0) is 9.53 Å². The molecule has 0 aliphatic carbocycles. The van der Waals surface area contributed by atoms with Gasteiger partial charge in [0, 0.05) is 20.3 Å². The molecule has 0 aromatic heterocycles. The molecule has 0 rings (SSSR count). The summed E-state index contributed by atoms with van der Waals surface area (Å²) >= 11 is 0. The highest BCUT2D eigenvalue weighted by Crippen LogP contribution is 2.22. The fourth-order valence-corrected chi connectivity index (χ4v) is 1.55. The summed E-state index contributed by atoms with van der Waals surface area (Å²) in [6.45, 7) is 8.69. The summed E-state index contributed by atoms with van der Waals surface area (Å²) in [5.74, 6) is -0.0698. The first kappa shape index (κ1) is 16.4. The molecular weight excluding hydrogens is 218 g/mol. The maximum atomic E-state index is 12.0. The molecule has 0 aromatic carbocycles.